The molecule has 0 bridgehead atoms. The number of halogens is 1. The van der Waals surface area contributed by atoms with Gasteiger partial charge in [0.15, 0.2) is 5.01 Å². The Morgan fingerprint density at radius 1 is 1.56 bits per heavy atom. The topological polar surface area (TPSA) is 82.3 Å². The monoisotopic (exact) mass is 306 g/mol. The van der Waals surface area contributed by atoms with Crippen molar-refractivity contribution >= 4 is 44.0 Å². The molecule has 0 fully saturated rings. The van der Waals surface area contributed by atoms with Crippen molar-refractivity contribution in [1.29, 1.82) is 0 Å². The van der Waals surface area contributed by atoms with Gasteiger partial charge in [-0.2, -0.15) is 0 Å². The van der Waals surface area contributed by atoms with E-state index in [1.54, 1.807) is 6.92 Å². The van der Waals surface area contributed by atoms with Crippen LogP contribution in [0.1, 0.15) is 22.4 Å². The summed E-state index contributed by atoms with van der Waals surface area (Å²) in [4.78, 5) is 26.5. The molecule has 0 unspecified atom stereocenters. The molecule has 7 heteroatoms. The molecule has 16 heavy (non-hydrogen) atoms. The highest BCUT2D eigenvalue weighted by atomic mass is 79.9. The fraction of sp³-hybridized carbons (Fsp3) is 0.444. The molecule has 0 radical (unpaired) electrons. The van der Waals surface area contributed by atoms with Crippen LogP contribution in [-0.4, -0.2) is 28.7 Å². The zero-order chi connectivity index (χ0) is 12.1. The maximum absolute atomic E-state index is 11.3. The van der Waals surface area contributed by atoms with Gasteiger partial charge in [-0.15, -0.1) is 0 Å². The van der Waals surface area contributed by atoms with Gasteiger partial charge < -0.3 is 10.5 Å². The molecule has 2 N–H and O–H groups in total. The molecule has 88 valence electrons. The van der Waals surface area contributed by atoms with Crippen molar-refractivity contribution in [3.05, 3.63) is 10.7 Å². The number of carbonyl (C=O) groups is 2. The van der Waals surface area contributed by atoms with E-state index in [2.05, 4.69) is 20.9 Å². The number of hydrogen-bond donors (Lipinski definition) is 1. The summed E-state index contributed by atoms with van der Waals surface area (Å²) in [7, 11) is 0. The molecule has 1 rings (SSSR count). The van der Waals surface area contributed by atoms with Crippen LogP contribution >= 0.6 is 27.3 Å². The Bertz CT molecular complexity index is 405. The van der Waals surface area contributed by atoms with Crippen LogP contribution in [0.25, 0.3) is 0 Å². The quantitative estimate of drug-likeness (QED) is 0.505. The highest BCUT2D eigenvalue weighted by Crippen LogP contribution is 2.22. The van der Waals surface area contributed by atoms with Gasteiger partial charge >= 0.3 is 5.97 Å². The minimum Gasteiger partial charge on any atom is -0.466 e. The van der Waals surface area contributed by atoms with Crippen LogP contribution in [0.15, 0.2) is 0 Å². The van der Waals surface area contributed by atoms with E-state index in [-0.39, 0.29) is 17.5 Å². The predicted octanol–water partition coefficient (Wildman–Crippen LogP) is 1.41. The number of anilines is 1. The van der Waals surface area contributed by atoms with E-state index in [4.69, 9.17) is 10.5 Å². The molecule has 0 spiro atoms. The van der Waals surface area contributed by atoms with Gasteiger partial charge in [0.05, 0.1) is 24.1 Å². The molecular weight excluding hydrogens is 296 g/mol. The van der Waals surface area contributed by atoms with E-state index >= 15 is 0 Å². The number of esters is 1. The fourth-order valence-corrected chi connectivity index (χ4v) is 2.25. The molecule has 0 aromatic carbocycles. The highest BCUT2D eigenvalue weighted by Gasteiger charge is 2.16. The number of alkyl halides is 1. The first kappa shape index (κ1) is 13.1. The normalized spacial score (nSPS) is 10.1. The van der Waals surface area contributed by atoms with Gasteiger partial charge in [-0.1, -0.05) is 27.3 Å². The second-order valence-corrected chi connectivity index (χ2v) is 4.46. The molecule has 0 saturated heterocycles. The van der Waals surface area contributed by atoms with Gasteiger partial charge in [0.1, 0.15) is 5.00 Å². The minimum atomic E-state index is -0.391. The Morgan fingerprint density at radius 3 is 2.81 bits per heavy atom. The van der Waals surface area contributed by atoms with Gasteiger partial charge in [-0.25, -0.2) is 4.98 Å². The molecule has 0 aliphatic heterocycles. The van der Waals surface area contributed by atoms with E-state index in [9.17, 15) is 9.59 Å². The number of thiazole rings is 1. The van der Waals surface area contributed by atoms with Gasteiger partial charge in [0, 0.05) is 0 Å². The van der Waals surface area contributed by atoms with Crippen molar-refractivity contribution in [2.75, 3.05) is 17.7 Å². The maximum atomic E-state index is 11.3. The Morgan fingerprint density at radius 2 is 2.25 bits per heavy atom. The van der Waals surface area contributed by atoms with E-state index < -0.39 is 5.97 Å². The molecule has 0 aliphatic rings. The second-order valence-electron chi connectivity index (χ2n) is 2.87. The van der Waals surface area contributed by atoms with Gasteiger partial charge in [0.2, 0.25) is 5.78 Å². The Kier molecular flexibility index (Phi) is 4.88. The van der Waals surface area contributed by atoms with Gasteiger partial charge in [0.25, 0.3) is 0 Å². The molecule has 0 atom stereocenters. The van der Waals surface area contributed by atoms with Crippen molar-refractivity contribution in [3.63, 3.8) is 0 Å². The Hall–Kier alpha value is -0.950. The third kappa shape index (κ3) is 3.28. The first-order valence-electron chi connectivity index (χ1n) is 4.58. The number of carbonyl (C=O) groups excluding carboxylic acids is 2. The van der Waals surface area contributed by atoms with Crippen LogP contribution in [0, 0.1) is 0 Å². The number of rotatable bonds is 5. The van der Waals surface area contributed by atoms with Crippen LogP contribution in [0.4, 0.5) is 5.00 Å². The summed E-state index contributed by atoms with van der Waals surface area (Å²) in [5.41, 5.74) is 6.07. The van der Waals surface area contributed by atoms with Crippen LogP contribution in [0.2, 0.25) is 0 Å². The maximum Gasteiger partial charge on any atom is 0.311 e. The fourth-order valence-electron chi connectivity index (χ4n) is 1.02. The average molecular weight is 307 g/mol. The summed E-state index contributed by atoms with van der Waals surface area (Å²) in [6.07, 6.45) is 0.00569. The third-order valence-corrected chi connectivity index (χ3v) is 3.18. The number of Topliss-reactive ketones (excluding diaryl/α,β-unsaturated/α-hetero) is 1. The smallest absolute Gasteiger partial charge is 0.311 e. The first-order valence-corrected chi connectivity index (χ1v) is 6.52. The molecule has 1 aromatic rings. The van der Waals surface area contributed by atoms with Crippen molar-refractivity contribution in [3.8, 4) is 0 Å². The summed E-state index contributed by atoms with van der Waals surface area (Å²) in [5, 5.41) is 0.893. The van der Waals surface area contributed by atoms with Gasteiger partial charge in [-0.3, -0.25) is 9.59 Å². The standard InChI is InChI=1S/C9H11BrN2O3S/c1-2-15-7(14)3-5-8(11)16-9(12-5)6(13)4-10/h2-4,11H2,1H3. The molecular formula is C9H11BrN2O3S. The highest BCUT2D eigenvalue weighted by molar-refractivity contribution is 9.09. The summed E-state index contributed by atoms with van der Waals surface area (Å²) in [6.45, 7) is 2.04. The van der Waals surface area contributed by atoms with Crippen molar-refractivity contribution < 1.29 is 14.3 Å². The molecule has 0 saturated carbocycles. The third-order valence-electron chi connectivity index (χ3n) is 1.70. The largest absolute Gasteiger partial charge is 0.466 e. The van der Waals surface area contributed by atoms with Crippen molar-refractivity contribution in [1.82, 2.24) is 4.98 Å². The van der Waals surface area contributed by atoms with E-state index in [0.717, 1.165) is 11.3 Å². The van der Waals surface area contributed by atoms with Crippen molar-refractivity contribution in [2.24, 2.45) is 0 Å². The van der Waals surface area contributed by atoms with E-state index in [1.165, 1.54) is 0 Å². The lowest BCUT2D eigenvalue weighted by atomic mass is 10.3. The van der Waals surface area contributed by atoms with E-state index in [0.29, 0.717) is 22.3 Å². The van der Waals surface area contributed by atoms with E-state index in [1.807, 2.05) is 0 Å². The summed E-state index contributed by atoms with van der Waals surface area (Å²) in [5.74, 6) is -0.538. The SMILES string of the molecule is CCOC(=O)Cc1nc(C(=O)CBr)sc1N. The molecule has 5 nitrogen and oxygen atoms in total. The van der Waals surface area contributed by atoms with Crippen LogP contribution in [-0.2, 0) is 16.0 Å². The van der Waals surface area contributed by atoms with Crippen molar-refractivity contribution in [2.45, 2.75) is 13.3 Å². The summed E-state index contributed by atoms with van der Waals surface area (Å²) in [6, 6.07) is 0. The molecule has 1 aromatic heterocycles. The molecule has 1 heterocycles. The minimum absolute atomic E-state index is 0.00569. The number of ketones is 1. The lowest BCUT2D eigenvalue weighted by molar-refractivity contribution is -0.142. The average Bonchev–Trinajstić information content (AvgIpc) is 2.59. The zero-order valence-electron chi connectivity index (χ0n) is 8.66. The number of nitrogen functional groups attached to an aromatic ring is 1. The second kappa shape index (κ2) is 5.95. The number of ether oxygens (including phenoxy) is 1. The molecule has 0 amide bonds. The van der Waals surface area contributed by atoms with Gasteiger partial charge in [-0.05, 0) is 6.92 Å². The predicted molar refractivity (Wildman–Crippen MR) is 65.0 cm³/mol. The number of hydrogen-bond acceptors (Lipinski definition) is 6. The first-order chi connectivity index (χ1) is 7.58. The number of aromatic nitrogens is 1. The number of nitrogens with zero attached hydrogens (tertiary/aromatic N) is 1. The number of nitrogens with two attached hydrogens (primary N) is 1. The van der Waals surface area contributed by atoms with Crippen LogP contribution in [0.5, 0.6) is 0 Å². The Balaban J connectivity index is 2.78. The summed E-state index contributed by atoms with van der Waals surface area (Å²) >= 11 is 4.13. The summed E-state index contributed by atoms with van der Waals surface area (Å²) < 4.78 is 4.77. The lowest BCUT2D eigenvalue weighted by Crippen LogP contribution is -2.09. The lowest BCUT2D eigenvalue weighted by Gasteiger charge is -1.99. The Labute approximate surface area is 105 Å². The van der Waals surface area contributed by atoms with Crippen LogP contribution < -0.4 is 5.73 Å². The zero-order valence-corrected chi connectivity index (χ0v) is 11.1. The van der Waals surface area contributed by atoms with Crippen LogP contribution in [0.3, 0.4) is 0 Å². The molecule has 0 aliphatic carbocycles.